The van der Waals surface area contributed by atoms with Gasteiger partial charge in [0.1, 0.15) is 0 Å². The summed E-state index contributed by atoms with van der Waals surface area (Å²) in [5, 5.41) is 12.9. The van der Waals surface area contributed by atoms with E-state index in [1.54, 1.807) is 6.92 Å². The van der Waals surface area contributed by atoms with E-state index in [2.05, 4.69) is 11.9 Å². The highest BCUT2D eigenvalue weighted by Crippen LogP contribution is 2.17. The van der Waals surface area contributed by atoms with Gasteiger partial charge < -0.3 is 23.7 Å². The number of carbonyl (C=O) groups is 1. The molecule has 0 spiro atoms. The summed E-state index contributed by atoms with van der Waals surface area (Å²) < 4.78 is 17.3. The van der Waals surface area contributed by atoms with Gasteiger partial charge in [0.25, 0.3) is 0 Å². The normalized spacial score (nSPS) is 13.1. The van der Waals surface area contributed by atoms with Gasteiger partial charge >= 0.3 is 8.80 Å². The van der Waals surface area contributed by atoms with Crippen LogP contribution in [0.5, 0.6) is 0 Å². The van der Waals surface area contributed by atoms with Crippen molar-refractivity contribution in [3.8, 4) is 0 Å². The van der Waals surface area contributed by atoms with Crippen LogP contribution >= 0.6 is 0 Å². The van der Waals surface area contributed by atoms with Crippen molar-refractivity contribution in [2.24, 2.45) is 0 Å². The van der Waals surface area contributed by atoms with E-state index in [0.717, 1.165) is 12.5 Å². The third-order valence-corrected chi connectivity index (χ3v) is 6.36. The van der Waals surface area contributed by atoms with Crippen molar-refractivity contribution in [2.45, 2.75) is 52.7 Å². The molecular formula is C16H33NO5Si. The summed E-state index contributed by atoms with van der Waals surface area (Å²) in [4.78, 5) is 11.5. The van der Waals surface area contributed by atoms with Gasteiger partial charge in [-0.1, -0.05) is 6.58 Å². The summed E-state index contributed by atoms with van der Waals surface area (Å²) >= 11 is 0. The summed E-state index contributed by atoms with van der Waals surface area (Å²) in [6.07, 6.45) is 0.248. The van der Waals surface area contributed by atoms with Crippen molar-refractivity contribution in [1.82, 2.24) is 5.32 Å². The standard InChI is InChI=1S/C16H33NO5Si/c1-6-20-23(21-7-2,22-8-3)11-9-10-17-13-15(18)12-16(19)14(4)5/h15,17-18H,4,6-13H2,1-3,5H3. The highest BCUT2D eigenvalue weighted by molar-refractivity contribution is 6.60. The second kappa shape index (κ2) is 12.8. The Hall–Kier alpha value is -0.573. The number of carbonyl (C=O) groups excluding carboxylic acids is 1. The third kappa shape index (κ3) is 10.0. The zero-order chi connectivity index (χ0) is 17.7. The Morgan fingerprint density at radius 2 is 1.70 bits per heavy atom. The minimum absolute atomic E-state index is 0.102. The smallest absolute Gasteiger partial charge is 0.391 e. The molecule has 1 unspecified atom stereocenters. The Labute approximate surface area is 141 Å². The number of hydrogen-bond acceptors (Lipinski definition) is 6. The van der Waals surface area contributed by atoms with Crippen molar-refractivity contribution in [3.05, 3.63) is 12.2 Å². The minimum Gasteiger partial charge on any atom is -0.391 e. The van der Waals surface area contributed by atoms with Crippen LogP contribution in [0.15, 0.2) is 12.2 Å². The maximum absolute atomic E-state index is 11.5. The second-order valence-electron chi connectivity index (χ2n) is 5.35. The first kappa shape index (κ1) is 22.4. The zero-order valence-electron chi connectivity index (χ0n) is 15.0. The van der Waals surface area contributed by atoms with Crippen LogP contribution in [-0.4, -0.2) is 58.7 Å². The second-order valence-corrected chi connectivity index (χ2v) is 8.08. The average Bonchev–Trinajstić information content (AvgIpc) is 2.47. The van der Waals surface area contributed by atoms with Crippen LogP contribution < -0.4 is 5.32 Å². The molecule has 0 aromatic rings. The van der Waals surface area contributed by atoms with Gasteiger partial charge in [-0.05, 0) is 46.2 Å². The quantitative estimate of drug-likeness (QED) is 0.268. The Balaban J connectivity index is 4.10. The number of Topliss-reactive ketones (excluding diaryl/α,β-unsaturated/α-hetero) is 1. The van der Waals surface area contributed by atoms with Gasteiger partial charge in [-0.15, -0.1) is 0 Å². The molecule has 0 aliphatic heterocycles. The number of hydrogen-bond donors (Lipinski definition) is 2. The SMILES string of the molecule is C=C(C)C(=O)CC(O)CNCCC[Si](OCC)(OCC)OCC. The Kier molecular flexibility index (Phi) is 12.5. The molecule has 0 amide bonds. The van der Waals surface area contributed by atoms with Crippen LogP contribution in [0.3, 0.4) is 0 Å². The van der Waals surface area contributed by atoms with Crippen molar-refractivity contribution in [2.75, 3.05) is 32.9 Å². The monoisotopic (exact) mass is 347 g/mol. The predicted molar refractivity (Wildman–Crippen MR) is 93.4 cm³/mol. The molecule has 0 aromatic heterocycles. The van der Waals surface area contributed by atoms with Crippen molar-refractivity contribution < 1.29 is 23.2 Å². The molecule has 136 valence electrons. The molecule has 6 nitrogen and oxygen atoms in total. The zero-order valence-corrected chi connectivity index (χ0v) is 16.0. The molecule has 0 fully saturated rings. The number of aliphatic hydroxyl groups excluding tert-OH is 1. The van der Waals surface area contributed by atoms with E-state index in [-0.39, 0.29) is 12.2 Å². The van der Waals surface area contributed by atoms with Crippen molar-refractivity contribution in [3.63, 3.8) is 0 Å². The molecule has 1 atom stereocenters. The molecule has 2 N–H and O–H groups in total. The number of nitrogens with one attached hydrogen (secondary N) is 1. The van der Waals surface area contributed by atoms with Crippen molar-refractivity contribution >= 4 is 14.6 Å². The van der Waals surface area contributed by atoms with E-state index in [4.69, 9.17) is 13.3 Å². The van der Waals surface area contributed by atoms with Crippen LogP contribution in [-0.2, 0) is 18.1 Å². The number of ketones is 1. The molecule has 0 rings (SSSR count). The molecule has 0 aliphatic rings. The summed E-state index contributed by atoms with van der Waals surface area (Å²) in [5.74, 6) is -0.102. The van der Waals surface area contributed by atoms with E-state index in [0.29, 0.717) is 38.5 Å². The lowest BCUT2D eigenvalue weighted by Gasteiger charge is -2.28. The fourth-order valence-corrected chi connectivity index (χ4v) is 4.77. The van der Waals surface area contributed by atoms with Gasteiger partial charge in [-0.3, -0.25) is 4.79 Å². The first-order chi connectivity index (χ1) is 10.9. The van der Waals surface area contributed by atoms with Crippen molar-refractivity contribution in [1.29, 1.82) is 0 Å². The summed E-state index contributed by atoms with van der Waals surface area (Å²) in [6, 6.07) is 0.732. The molecule has 7 heteroatoms. The molecule has 0 bridgehead atoms. The van der Waals surface area contributed by atoms with Crippen LogP contribution in [0.2, 0.25) is 6.04 Å². The molecule has 0 aromatic carbocycles. The fraction of sp³-hybridized carbons (Fsp3) is 0.812. The Morgan fingerprint density at radius 1 is 1.17 bits per heavy atom. The van der Waals surface area contributed by atoms with Gasteiger partial charge in [-0.25, -0.2) is 0 Å². The van der Waals surface area contributed by atoms with E-state index in [1.807, 2.05) is 20.8 Å². The van der Waals surface area contributed by atoms with Gasteiger partial charge in [0.15, 0.2) is 5.78 Å². The lowest BCUT2D eigenvalue weighted by atomic mass is 10.1. The molecule has 23 heavy (non-hydrogen) atoms. The summed E-state index contributed by atoms with van der Waals surface area (Å²) in [7, 11) is -2.58. The number of aliphatic hydroxyl groups is 1. The fourth-order valence-electron chi connectivity index (χ4n) is 2.16. The van der Waals surface area contributed by atoms with E-state index >= 15 is 0 Å². The number of allylic oxidation sites excluding steroid dienone is 1. The molecule has 0 saturated carbocycles. The summed E-state index contributed by atoms with van der Waals surface area (Å²) in [5.41, 5.74) is 0.477. The topological polar surface area (TPSA) is 77.0 Å². The average molecular weight is 348 g/mol. The largest absolute Gasteiger partial charge is 0.500 e. The molecule has 0 saturated heterocycles. The first-order valence-electron chi connectivity index (χ1n) is 8.40. The van der Waals surface area contributed by atoms with Crippen LogP contribution in [0.1, 0.15) is 40.5 Å². The molecular weight excluding hydrogens is 314 g/mol. The Morgan fingerprint density at radius 3 is 2.13 bits per heavy atom. The lowest BCUT2D eigenvalue weighted by Crippen LogP contribution is -2.46. The van der Waals surface area contributed by atoms with E-state index in [1.165, 1.54) is 0 Å². The molecule has 0 aliphatic carbocycles. The highest BCUT2D eigenvalue weighted by atomic mass is 28.4. The third-order valence-electron chi connectivity index (χ3n) is 3.21. The number of rotatable bonds is 15. The van der Waals surface area contributed by atoms with Gasteiger partial charge in [-0.2, -0.15) is 0 Å². The summed E-state index contributed by atoms with van der Waals surface area (Å²) in [6.45, 7) is 13.8. The maximum atomic E-state index is 11.5. The van der Waals surface area contributed by atoms with Gasteiger partial charge in [0.05, 0.1) is 6.10 Å². The maximum Gasteiger partial charge on any atom is 0.500 e. The van der Waals surface area contributed by atoms with E-state index < -0.39 is 14.9 Å². The highest BCUT2D eigenvalue weighted by Gasteiger charge is 2.39. The first-order valence-corrected chi connectivity index (χ1v) is 10.3. The lowest BCUT2D eigenvalue weighted by molar-refractivity contribution is -0.117. The van der Waals surface area contributed by atoms with Gasteiger partial charge in [0, 0.05) is 38.8 Å². The molecule has 0 heterocycles. The van der Waals surface area contributed by atoms with Crippen LogP contribution in [0, 0.1) is 0 Å². The van der Waals surface area contributed by atoms with Crippen LogP contribution in [0.25, 0.3) is 0 Å². The van der Waals surface area contributed by atoms with Gasteiger partial charge in [0.2, 0.25) is 0 Å². The van der Waals surface area contributed by atoms with Crippen LogP contribution in [0.4, 0.5) is 0 Å². The van der Waals surface area contributed by atoms with E-state index in [9.17, 15) is 9.90 Å². The molecule has 0 radical (unpaired) electrons. The Bertz CT molecular complexity index is 334. The minimum atomic E-state index is -2.58. The predicted octanol–water partition coefficient (Wildman–Crippen LogP) is 1.91.